The van der Waals surface area contributed by atoms with E-state index in [-0.39, 0.29) is 11.9 Å². The fraction of sp³-hybridized carbons (Fsp3) is 0.533. The number of hydrogen-bond donors (Lipinski definition) is 1. The summed E-state index contributed by atoms with van der Waals surface area (Å²) in [4.78, 5) is 12.0. The first-order chi connectivity index (χ1) is 8.90. The lowest BCUT2D eigenvalue weighted by atomic mass is 10.0. The second kappa shape index (κ2) is 7.76. The van der Waals surface area contributed by atoms with Crippen molar-refractivity contribution >= 4 is 29.1 Å². The molecule has 0 aromatic heterocycles. The molecule has 2 nitrogen and oxygen atoms in total. The summed E-state index contributed by atoms with van der Waals surface area (Å²) in [6.07, 6.45) is 3.30. The Morgan fingerprint density at radius 1 is 1.16 bits per heavy atom. The van der Waals surface area contributed by atoms with E-state index < -0.39 is 0 Å². The highest BCUT2D eigenvalue weighted by Gasteiger charge is 2.11. The molecule has 0 aliphatic heterocycles. The van der Waals surface area contributed by atoms with E-state index in [0.29, 0.717) is 21.5 Å². The Labute approximate surface area is 125 Å². The number of carbonyl (C=O) groups excluding carboxylic acids is 1. The number of amides is 1. The highest BCUT2D eigenvalue weighted by Crippen LogP contribution is 2.22. The Morgan fingerprint density at radius 2 is 1.84 bits per heavy atom. The zero-order chi connectivity index (χ0) is 14.4. The number of carbonyl (C=O) groups is 1. The SMILES string of the molecule is CC(C)CCCC(C)NC(=O)c1ccc(Cl)c(Cl)c1. The normalized spacial score (nSPS) is 12.5. The van der Waals surface area contributed by atoms with Gasteiger partial charge in [0.05, 0.1) is 10.0 Å². The third-order valence-electron chi connectivity index (χ3n) is 2.98. The van der Waals surface area contributed by atoms with Gasteiger partial charge in [-0.2, -0.15) is 0 Å². The van der Waals surface area contributed by atoms with Gasteiger partial charge in [0.25, 0.3) is 5.91 Å². The van der Waals surface area contributed by atoms with Crippen molar-refractivity contribution in [1.29, 1.82) is 0 Å². The minimum absolute atomic E-state index is 0.101. The van der Waals surface area contributed by atoms with E-state index in [0.717, 1.165) is 12.8 Å². The maximum absolute atomic E-state index is 12.0. The third-order valence-corrected chi connectivity index (χ3v) is 3.72. The van der Waals surface area contributed by atoms with Crippen LogP contribution in [0.3, 0.4) is 0 Å². The summed E-state index contributed by atoms with van der Waals surface area (Å²) < 4.78 is 0. The Bertz CT molecular complexity index is 432. The second-order valence-electron chi connectivity index (χ2n) is 5.33. The molecule has 1 rings (SSSR count). The number of nitrogens with one attached hydrogen (secondary N) is 1. The van der Waals surface area contributed by atoms with Crippen LogP contribution in [0.1, 0.15) is 50.4 Å². The summed E-state index contributed by atoms with van der Waals surface area (Å²) in [6, 6.07) is 5.09. The molecule has 106 valence electrons. The van der Waals surface area contributed by atoms with Gasteiger partial charge < -0.3 is 5.32 Å². The van der Waals surface area contributed by atoms with E-state index in [9.17, 15) is 4.79 Å². The highest BCUT2D eigenvalue weighted by atomic mass is 35.5. The molecule has 0 saturated carbocycles. The molecular weight excluding hydrogens is 281 g/mol. The van der Waals surface area contributed by atoms with Gasteiger partial charge in [-0.15, -0.1) is 0 Å². The third kappa shape index (κ3) is 5.84. The molecule has 0 bridgehead atoms. The van der Waals surface area contributed by atoms with Crippen molar-refractivity contribution in [3.05, 3.63) is 33.8 Å². The molecule has 0 aliphatic carbocycles. The van der Waals surface area contributed by atoms with Crippen molar-refractivity contribution in [2.75, 3.05) is 0 Å². The fourth-order valence-electron chi connectivity index (χ4n) is 1.85. The Hall–Kier alpha value is -0.730. The molecule has 1 N–H and O–H groups in total. The maximum atomic E-state index is 12.0. The van der Waals surface area contributed by atoms with Gasteiger partial charge >= 0.3 is 0 Å². The van der Waals surface area contributed by atoms with Gasteiger partial charge in [-0.25, -0.2) is 0 Å². The van der Waals surface area contributed by atoms with Crippen LogP contribution >= 0.6 is 23.2 Å². The van der Waals surface area contributed by atoms with Crippen molar-refractivity contribution in [1.82, 2.24) is 5.32 Å². The number of rotatable bonds is 6. The average Bonchev–Trinajstić information content (AvgIpc) is 2.32. The quantitative estimate of drug-likeness (QED) is 0.792. The van der Waals surface area contributed by atoms with Crippen LogP contribution in [-0.2, 0) is 0 Å². The molecule has 1 aromatic carbocycles. The van der Waals surface area contributed by atoms with E-state index in [1.54, 1.807) is 18.2 Å². The number of benzene rings is 1. The zero-order valence-corrected chi connectivity index (χ0v) is 13.2. The largest absolute Gasteiger partial charge is 0.350 e. The van der Waals surface area contributed by atoms with E-state index in [1.807, 2.05) is 6.92 Å². The van der Waals surface area contributed by atoms with Crippen molar-refractivity contribution < 1.29 is 4.79 Å². The van der Waals surface area contributed by atoms with Crippen molar-refractivity contribution in [3.63, 3.8) is 0 Å². The predicted octanol–water partition coefficient (Wildman–Crippen LogP) is 4.94. The number of halogens is 2. The Morgan fingerprint density at radius 3 is 2.42 bits per heavy atom. The summed E-state index contributed by atoms with van der Waals surface area (Å²) in [5.41, 5.74) is 0.546. The monoisotopic (exact) mass is 301 g/mol. The fourth-order valence-corrected chi connectivity index (χ4v) is 2.15. The first-order valence-corrected chi connectivity index (χ1v) is 7.41. The van der Waals surface area contributed by atoms with Crippen LogP contribution in [-0.4, -0.2) is 11.9 Å². The molecule has 4 heteroatoms. The first-order valence-electron chi connectivity index (χ1n) is 6.66. The zero-order valence-electron chi connectivity index (χ0n) is 11.7. The standard InChI is InChI=1S/C15H21Cl2NO/c1-10(2)5-4-6-11(3)18-15(19)12-7-8-13(16)14(17)9-12/h7-11H,4-6H2,1-3H3,(H,18,19). The molecule has 0 saturated heterocycles. The predicted molar refractivity (Wildman–Crippen MR) is 82.1 cm³/mol. The molecule has 0 radical (unpaired) electrons. The van der Waals surface area contributed by atoms with E-state index in [1.165, 1.54) is 6.42 Å². The van der Waals surface area contributed by atoms with Crippen LogP contribution in [0.25, 0.3) is 0 Å². The van der Waals surface area contributed by atoms with Gasteiger partial charge in [0.15, 0.2) is 0 Å². The summed E-state index contributed by atoms with van der Waals surface area (Å²) in [6.45, 7) is 6.44. The molecule has 1 amide bonds. The first kappa shape index (κ1) is 16.3. The Kier molecular flexibility index (Phi) is 6.67. The molecule has 19 heavy (non-hydrogen) atoms. The van der Waals surface area contributed by atoms with Crippen molar-refractivity contribution in [2.45, 2.75) is 46.1 Å². The molecule has 0 heterocycles. The molecule has 1 unspecified atom stereocenters. The van der Waals surface area contributed by atoms with Crippen LogP contribution in [0, 0.1) is 5.92 Å². The lowest BCUT2D eigenvalue weighted by Gasteiger charge is -2.14. The lowest BCUT2D eigenvalue weighted by molar-refractivity contribution is 0.0938. The summed E-state index contributed by atoms with van der Waals surface area (Å²) >= 11 is 11.7. The van der Waals surface area contributed by atoms with Crippen LogP contribution in [0.4, 0.5) is 0 Å². The Balaban J connectivity index is 2.47. The molecule has 1 atom stereocenters. The molecule has 0 fully saturated rings. The van der Waals surface area contributed by atoms with E-state index >= 15 is 0 Å². The molecular formula is C15H21Cl2NO. The lowest BCUT2D eigenvalue weighted by Crippen LogP contribution is -2.32. The van der Waals surface area contributed by atoms with Gasteiger partial charge in [-0.1, -0.05) is 49.9 Å². The van der Waals surface area contributed by atoms with Crippen LogP contribution in [0.15, 0.2) is 18.2 Å². The van der Waals surface area contributed by atoms with Crippen molar-refractivity contribution in [3.8, 4) is 0 Å². The van der Waals surface area contributed by atoms with Gasteiger partial charge in [0.2, 0.25) is 0 Å². The number of hydrogen-bond acceptors (Lipinski definition) is 1. The van der Waals surface area contributed by atoms with Gasteiger partial charge in [-0.05, 0) is 37.5 Å². The van der Waals surface area contributed by atoms with E-state index in [4.69, 9.17) is 23.2 Å². The van der Waals surface area contributed by atoms with Gasteiger partial charge in [0, 0.05) is 11.6 Å². The van der Waals surface area contributed by atoms with E-state index in [2.05, 4.69) is 19.2 Å². The summed E-state index contributed by atoms with van der Waals surface area (Å²) in [5, 5.41) is 3.84. The smallest absolute Gasteiger partial charge is 0.251 e. The summed E-state index contributed by atoms with van der Waals surface area (Å²) in [7, 11) is 0. The molecule has 0 spiro atoms. The minimum atomic E-state index is -0.101. The van der Waals surface area contributed by atoms with Crippen molar-refractivity contribution in [2.24, 2.45) is 5.92 Å². The van der Waals surface area contributed by atoms with Crippen LogP contribution in [0.5, 0.6) is 0 Å². The minimum Gasteiger partial charge on any atom is -0.350 e. The van der Waals surface area contributed by atoms with Gasteiger partial charge in [0.1, 0.15) is 0 Å². The molecule has 1 aromatic rings. The van der Waals surface area contributed by atoms with Crippen LogP contribution in [0.2, 0.25) is 10.0 Å². The van der Waals surface area contributed by atoms with Crippen LogP contribution < -0.4 is 5.32 Å². The average molecular weight is 302 g/mol. The maximum Gasteiger partial charge on any atom is 0.251 e. The molecule has 0 aliphatic rings. The topological polar surface area (TPSA) is 29.1 Å². The summed E-state index contributed by atoms with van der Waals surface area (Å²) in [5.74, 6) is 0.605. The van der Waals surface area contributed by atoms with Gasteiger partial charge in [-0.3, -0.25) is 4.79 Å². The highest BCUT2D eigenvalue weighted by molar-refractivity contribution is 6.42. The second-order valence-corrected chi connectivity index (χ2v) is 6.14.